The first-order valence-electron chi connectivity index (χ1n) is 7.68. The van der Waals surface area contributed by atoms with Gasteiger partial charge in [0.2, 0.25) is 0 Å². The average Bonchev–Trinajstić information content (AvgIpc) is 2.97. The molecule has 0 spiro atoms. The van der Waals surface area contributed by atoms with Gasteiger partial charge >= 0.3 is 12.1 Å². The molecule has 1 aliphatic heterocycles. The minimum Gasteiger partial charge on any atom is -0.481 e. The standard InChI is InChI=1S/C16H21F3N2O2/c17-16(18,19)5-7-21-13-3-1-2-11(8-13)9-14(15(22)23)12-4-6-20-10-12/h1-3,8,12,14,20-21H,4-7,9-10H2,(H,22,23)/t12-,14-/m0/s1. The number of anilines is 1. The van der Waals surface area contributed by atoms with E-state index in [0.717, 1.165) is 18.5 Å². The van der Waals surface area contributed by atoms with Crippen molar-refractivity contribution >= 4 is 11.7 Å². The number of hydrogen-bond acceptors (Lipinski definition) is 3. The number of carboxylic acids is 1. The van der Waals surface area contributed by atoms with Gasteiger partial charge in [0.15, 0.2) is 0 Å². The molecule has 0 unspecified atom stereocenters. The molecule has 0 aromatic heterocycles. The Kier molecular flexibility index (Phi) is 5.87. The second kappa shape index (κ2) is 7.68. The Labute approximate surface area is 133 Å². The van der Waals surface area contributed by atoms with Crippen LogP contribution < -0.4 is 10.6 Å². The highest BCUT2D eigenvalue weighted by Crippen LogP contribution is 2.25. The predicted molar refractivity (Wildman–Crippen MR) is 81.4 cm³/mol. The molecule has 1 aliphatic rings. The molecule has 1 heterocycles. The van der Waals surface area contributed by atoms with Crippen LogP contribution in [0, 0.1) is 11.8 Å². The van der Waals surface area contributed by atoms with Crippen LogP contribution in [0.3, 0.4) is 0 Å². The molecular formula is C16H21F3N2O2. The molecule has 1 aromatic rings. The lowest BCUT2D eigenvalue weighted by molar-refractivity contribution is -0.143. The topological polar surface area (TPSA) is 61.4 Å². The van der Waals surface area contributed by atoms with Crippen LogP contribution in [-0.2, 0) is 11.2 Å². The number of alkyl halides is 3. The minimum atomic E-state index is -4.19. The largest absolute Gasteiger partial charge is 0.481 e. The van der Waals surface area contributed by atoms with Gasteiger partial charge in [-0.2, -0.15) is 13.2 Å². The van der Waals surface area contributed by atoms with E-state index in [1.165, 1.54) is 0 Å². The Morgan fingerprint density at radius 1 is 1.43 bits per heavy atom. The normalized spacial score (nSPS) is 19.5. The molecule has 0 saturated carbocycles. The number of halogens is 3. The summed E-state index contributed by atoms with van der Waals surface area (Å²) in [4.78, 5) is 11.5. The number of nitrogens with one attached hydrogen (secondary N) is 2. The molecule has 0 amide bonds. The van der Waals surface area contributed by atoms with E-state index in [9.17, 15) is 23.1 Å². The van der Waals surface area contributed by atoms with Crippen molar-refractivity contribution in [3.63, 3.8) is 0 Å². The van der Waals surface area contributed by atoms with Crippen LogP contribution in [0.4, 0.5) is 18.9 Å². The summed E-state index contributed by atoms with van der Waals surface area (Å²) in [6.45, 7) is 1.33. The van der Waals surface area contributed by atoms with Crippen LogP contribution in [-0.4, -0.2) is 36.9 Å². The van der Waals surface area contributed by atoms with Crippen molar-refractivity contribution in [3.8, 4) is 0 Å². The van der Waals surface area contributed by atoms with Gasteiger partial charge in [-0.25, -0.2) is 0 Å². The van der Waals surface area contributed by atoms with Gasteiger partial charge in [0.1, 0.15) is 0 Å². The van der Waals surface area contributed by atoms with Crippen molar-refractivity contribution in [2.24, 2.45) is 11.8 Å². The Morgan fingerprint density at radius 3 is 2.83 bits per heavy atom. The average molecular weight is 330 g/mol. The third-order valence-corrected chi connectivity index (χ3v) is 4.10. The van der Waals surface area contributed by atoms with E-state index in [1.807, 2.05) is 6.07 Å². The third kappa shape index (κ3) is 5.74. The van der Waals surface area contributed by atoms with Gasteiger partial charge in [-0.05, 0) is 49.5 Å². The number of carboxylic acid groups (broad SMARTS) is 1. The van der Waals surface area contributed by atoms with Gasteiger partial charge in [-0.3, -0.25) is 4.79 Å². The molecule has 4 nitrogen and oxygen atoms in total. The summed E-state index contributed by atoms with van der Waals surface area (Å²) in [5, 5.41) is 15.3. The van der Waals surface area contributed by atoms with Crippen molar-refractivity contribution in [1.29, 1.82) is 0 Å². The third-order valence-electron chi connectivity index (χ3n) is 4.10. The Morgan fingerprint density at radius 2 is 2.22 bits per heavy atom. The van der Waals surface area contributed by atoms with Gasteiger partial charge in [-0.15, -0.1) is 0 Å². The monoisotopic (exact) mass is 330 g/mol. The Balaban J connectivity index is 1.96. The van der Waals surface area contributed by atoms with Crippen LogP contribution in [0.2, 0.25) is 0 Å². The fraction of sp³-hybridized carbons (Fsp3) is 0.562. The molecule has 23 heavy (non-hydrogen) atoms. The number of aliphatic carboxylic acids is 1. The van der Waals surface area contributed by atoms with E-state index >= 15 is 0 Å². The zero-order valence-corrected chi connectivity index (χ0v) is 12.7. The van der Waals surface area contributed by atoms with Gasteiger partial charge < -0.3 is 15.7 Å². The van der Waals surface area contributed by atoms with E-state index in [0.29, 0.717) is 18.7 Å². The summed E-state index contributed by atoms with van der Waals surface area (Å²) in [5.41, 5.74) is 1.40. The molecule has 0 radical (unpaired) electrons. The van der Waals surface area contributed by atoms with Crippen LogP contribution in [0.1, 0.15) is 18.4 Å². The van der Waals surface area contributed by atoms with Crippen LogP contribution in [0.5, 0.6) is 0 Å². The maximum Gasteiger partial charge on any atom is 0.390 e. The zero-order valence-electron chi connectivity index (χ0n) is 12.7. The van der Waals surface area contributed by atoms with Gasteiger partial charge in [0.25, 0.3) is 0 Å². The van der Waals surface area contributed by atoms with E-state index in [1.54, 1.807) is 18.2 Å². The summed E-state index contributed by atoms with van der Waals surface area (Å²) in [6.07, 6.45) is -3.87. The van der Waals surface area contributed by atoms with E-state index in [-0.39, 0.29) is 12.5 Å². The number of carbonyl (C=O) groups is 1. The molecule has 0 aliphatic carbocycles. The minimum absolute atomic E-state index is 0.0920. The SMILES string of the molecule is O=C(O)[C@@H](Cc1cccc(NCCC(F)(F)F)c1)[C@H]1CCNC1. The molecule has 1 saturated heterocycles. The second-order valence-electron chi connectivity index (χ2n) is 5.89. The first kappa shape index (κ1) is 17.6. The second-order valence-corrected chi connectivity index (χ2v) is 5.89. The van der Waals surface area contributed by atoms with Gasteiger partial charge in [0.05, 0.1) is 12.3 Å². The summed E-state index contributed by atoms with van der Waals surface area (Å²) in [6, 6.07) is 6.96. The van der Waals surface area contributed by atoms with E-state index in [4.69, 9.17) is 0 Å². The van der Waals surface area contributed by atoms with Crippen LogP contribution in [0.25, 0.3) is 0 Å². The highest BCUT2D eigenvalue weighted by molar-refractivity contribution is 5.71. The quantitative estimate of drug-likeness (QED) is 0.719. The van der Waals surface area contributed by atoms with Gasteiger partial charge in [-0.1, -0.05) is 12.1 Å². The lowest BCUT2D eigenvalue weighted by Crippen LogP contribution is -2.27. The molecule has 1 aromatic carbocycles. The molecule has 128 valence electrons. The summed E-state index contributed by atoms with van der Waals surface area (Å²) in [7, 11) is 0. The maximum absolute atomic E-state index is 12.2. The molecule has 2 atom stereocenters. The van der Waals surface area contributed by atoms with E-state index in [2.05, 4.69) is 10.6 Å². The Hall–Kier alpha value is -1.76. The number of rotatable bonds is 7. The fourth-order valence-corrected chi connectivity index (χ4v) is 2.89. The smallest absolute Gasteiger partial charge is 0.390 e. The summed E-state index contributed by atoms with van der Waals surface area (Å²) < 4.78 is 36.5. The zero-order chi connectivity index (χ0) is 16.9. The van der Waals surface area contributed by atoms with E-state index < -0.39 is 24.5 Å². The molecule has 7 heteroatoms. The summed E-state index contributed by atoms with van der Waals surface area (Å²) in [5.74, 6) is -1.21. The molecule has 3 N–H and O–H groups in total. The lowest BCUT2D eigenvalue weighted by Gasteiger charge is -2.19. The summed E-state index contributed by atoms with van der Waals surface area (Å²) >= 11 is 0. The number of hydrogen-bond donors (Lipinski definition) is 3. The molecular weight excluding hydrogens is 309 g/mol. The van der Waals surface area contributed by atoms with Crippen molar-refractivity contribution in [2.45, 2.75) is 25.4 Å². The van der Waals surface area contributed by atoms with Crippen LogP contribution in [0.15, 0.2) is 24.3 Å². The predicted octanol–water partition coefficient (Wildman–Crippen LogP) is 2.90. The maximum atomic E-state index is 12.2. The van der Waals surface area contributed by atoms with Crippen molar-refractivity contribution < 1.29 is 23.1 Å². The first-order chi connectivity index (χ1) is 10.8. The number of benzene rings is 1. The lowest BCUT2D eigenvalue weighted by atomic mass is 9.86. The molecule has 1 fully saturated rings. The fourth-order valence-electron chi connectivity index (χ4n) is 2.89. The first-order valence-corrected chi connectivity index (χ1v) is 7.68. The highest BCUT2D eigenvalue weighted by atomic mass is 19.4. The highest BCUT2D eigenvalue weighted by Gasteiger charge is 2.30. The molecule has 2 rings (SSSR count). The molecule has 0 bridgehead atoms. The van der Waals surface area contributed by atoms with Crippen molar-refractivity contribution in [3.05, 3.63) is 29.8 Å². The van der Waals surface area contributed by atoms with Gasteiger partial charge in [0, 0.05) is 12.2 Å². The van der Waals surface area contributed by atoms with Crippen molar-refractivity contribution in [1.82, 2.24) is 5.32 Å². The Bertz CT molecular complexity index is 528. The van der Waals surface area contributed by atoms with Crippen LogP contribution >= 0.6 is 0 Å². The van der Waals surface area contributed by atoms with Crippen molar-refractivity contribution in [2.75, 3.05) is 25.0 Å².